The van der Waals surface area contributed by atoms with Crippen LogP contribution in [0.25, 0.3) is 0 Å². The highest BCUT2D eigenvalue weighted by Gasteiger charge is 2.32. The second-order valence-electron chi connectivity index (χ2n) is 7.52. The van der Waals surface area contributed by atoms with E-state index in [2.05, 4.69) is 44.8 Å². The van der Waals surface area contributed by atoms with Gasteiger partial charge in [0.1, 0.15) is 0 Å². The highest BCUT2D eigenvalue weighted by atomic mass is 15.2. The third-order valence-corrected chi connectivity index (χ3v) is 6.24. The fourth-order valence-electron chi connectivity index (χ4n) is 4.14. The minimum atomic E-state index is 0.632. The summed E-state index contributed by atoms with van der Waals surface area (Å²) in [6.07, 6.45) is 4.26. The molecule has 2 nitrogen and oxygen atoms in total. The Morgan fingerprint density at radius 1 is 0.864 bits per heavy atom. The average Bonchev–Trinajstić information content (AvgIpc) is 3.35. The van der Waals surface area contributed by atoms with Crippen molar-refractivity contribution < 1.29 is 0 Å². The molecule has 1 saturated heterocycles. The van der Waals surface area contributed by atoms with Gasteiger partial charge in [-0.2, -0.15) is 0 Å². The summed E-state index contributed by atoms with van der Waals surface area (Å²) in [5.41, 5.74) is 9.25. The molecule has 122 valence electrons. The quantitative estimate of drug-likeness (QED) is 0.905. The van der Waals surface area contributed by atoms with Gasteiger partial charge >= 0.3 is 0 Å². The lowest BCUT2D eigenvalue weighted by Gasteiger charge is -2.38. The van der Waals surface area contributed by atoms with Gasteiger partial charge in [0.15, 0.2) is 0 Å². The maximum absolute atomic E-state index is 3.51. The molecule has 1 aliphatic carbocycles. The zero-order valence-electron chi connectivity index (χ0n) is 15.1. The molecule has 1 aromatic carbocycles. The Kier molecular flexibility index (Phi) is 4.61. The van der Waals surface area contributed by atoms with Gasteiger partial charge in [-0.1, -0.05) is 12.8 Å². The normalized spacial score (nSPS) is 21.1. The molecule has 0 amide bonds. The van der Waals surface area contributed by atoms with Crippen LogP contribution in [0, 0.1) is 40.5 Å². The van der Waals surface area contributed by atoms with Crippen molar-refractivity contribution in [1.29, 1.82) is 0 Å². The van der Waals surface area contributed by atoms with Gasteiger partial charge in [-0.25, -0.2) is 0 Å². The molecular formula is C20H32N2. The van der Waals surface area contributed by atoms with E-state index in [9.17, 15) is 0 Å². The number of nitrogens with one attached hydrogen (secondary N) is 1. The van der Waals surface area contributed by atoms with E-state index < -0.39 is 0 Å². The Morgan fingerprint density at radius 3 is 1.86 bits per heavy atom. The van der Waals surface area contributed by atoms with Crippen LogP contribution in [0.15, 0.2) is 0 Å². The van der Waals surface area contributed by atoms with Crippen LogP contribution >= 0.6 is 0 Å². The van der Waals surface area contributed by atoms with Crippen LogP contribution in [0.5, 0.6) is 0 Å². The summed E-state index contributed by atoms with van der Waals surface area (Å²) in [6.45, 7) is 16.3. The number of rotatable bonds is 4. The summed E-state index contributed by atoms with van der Waals surface area (Å²) < 4.78 is 0. The summed E-state index contributed by atoms with van der Waals surface area (Å²) in [5.74, 6) is 0.973. The Bertz CT molecular complexity index is 522. The molecule has 1 heterocycles. The van der Waals surface area contributed by atoms with Gasteiger partial charge in [-0.05, 0) is 80.3 Å². The van der Waals surface area contributed by atoms with Gasteiger partial charge in [0.05, 0.1) is 0 Å². The molecule has 0 bridgehead atoms. The molecule has 2 aliphatic rings. The van der Waals surface area contributed by atoms with Crippen molar-refractivity contribution in [2.24, 2.45) is 5.92 Å². The van der Waals surface area contributed by atoms with Crippen LogP contribution in [0.1, 0.15) is 58.7 Å². The average molecular weight is 300 g/mol. The van der Waals surface area contributed by atoms with Crippen LogP contribution in [0.2, 0.25) is 0 Å². The number of piperazine rings is 1. The monoisotopic (exact) mass is 300 g/mol. The van der Waals surface area contributed by atoms with E-state index in [1.807, 2.05) is 0 Å². The summed E-state index contributed by atoms with van der Waals surface area (Å²) in [4.78, 5) is 2.75. The van der Waals surface area contributed by atoms with Gasteiger partial charge in [-0.15, -0.1) is 0 Å². The van der Waals surface area contributed by atoms with E-state index >= 15 is 0 Å². The molecule has 3 rings (SSSR count). The predicted molar refractivity (Wildman–Crippen MR) is 94.7 cm³/mol. The zero-order valence-corrected chi connectivity index (χ0v) is 15.1. The lowest BCUT2D eigenvalue weighted by atomic mass is 9.84. The first-order valence-electron chi connectivity index (χ1n) is 9.02. The molecule has 2 fully saturated rings. The van der Waals surface area contributed by atoms with Crippen molar-refractivity contribution in [2.45, 2.75) is 59.9 Å². The SMILES string of the molecule is Cc1c(C)c(C)c([C@@H](CC2CC2)N2CCNCC2)c(C)c1C. The molecule has 1 atom stereocenters. The van der Waals surface area contributed by atoms with Crippen molar-refractivity contribution in [2.75, 3.05) is 26.2 Å². The molecule has 0 spiro atoms. The van der Waals surface area contributed by atoms with Crippen molar-refractivity contribution in [3.63, 3.8) is 0 Å². The topological polar surface area (TPSA) is 15.3 Å². The van der Waals surface area contributed by atoms with E-state index in [-0.39, 0.29) is 0 Å². The van der Waals surface area contributed by atoms with Crippen molar-refractivity contribution in [1.82, 2.24) is 10.2 Å². The van der Waals surface area contributed by atoms with Gasteiger partial charge < -0.3 is 5.32 Å². The number of benzene rings is 1. The first-order valence-corrected chi connectivity index (χ1v) is 9.02. The highest BCUT2D eigenvalue weighted by molar-refractivity contribution is 5.50. The van der Waals surface area contributed by atoms with E-state index in [1.165, 1.54) is 49.0 Å². The van der Waals surface area contributed by atoms with E-state index in [0.29, 0.717) is 6.04 Å². The van der Waals surface area contributed by atoms with Gasteiger partial charge in [0.25, 0.3) is 0 Å². The van der Waals surface area contributed by atoms with E-state index in [1.54, 1.807) is 16.7 Å². The highest BCUT2D eigenvalue weighted by Crippen LogP contribution is 2.43. The Hall–Kier alpha value is -0.860. The second-order valence-corrected chi connectivity index (χ2v) is 7.52. The summed E-state index contributed by atoms with van der Waals surface area (Å²) in [7, 11) is 0. The van der Waals surface area contributed by atoms with Gasteiger partial charge in [0.2, 0.25) is 0 Å². The minimum Gasteiger partial charge on any atom is -0.314 e. The van der Waals surface area contributed by atoms with Gasteiger partial charge in [0, 0.05) is 32.2 Å². The molecule has 0 aromatic heterocycles. The van der Waals surface area contributed by atoms with Crippen LogP contribution in [0.4, 0.5) is 0 Å². The Labute approximate surface area is 136 Å². The second kappa shape index (κ2) is 6.33. The largest absolute Gasteiger partial charge is 0.314 e. The minimum absolute atomic E-state index is 0.632. The maximum atomic E-state index is 3.51. The number of hydrogen-bond acceptors (Lipinski definition) is 2. The van der Waals surface area contributed by atoms with Crippen LogP contribution < -0.4 is 5.32 Å². The van der Waals surface area contributed by atoms with E-state index in [0.717, 1.165) is 19.0 Å². The number of nitrogens with zero attached hydrogens (tertiary/aromatic N) is 1. The zero-order chi connectivity index (χ0) is 15.9. The molecule has 0 unspecified atom stereocenters. The first kappa shape index (κ1) is 16.0. The molecule has 2 heteroatoms. The smallest absolute Gasteiger partial charge is 0.0357 e. The third kappa shape index (κ3) is 2.96. The number of hydrogen-bond donors (Lipinski definition) is 1. The molecule has 1 N–H and O–H groups in total. The van der Waals surface area contributed by atoms with Gasteiger partial charge in [-0.3, -0.25) is 4.90 Å². The predicted octanol–water partition coefficient (Wildman–Crippen LogP) is 3.98. The summed E-state index contributed by atoms with van der Waals surface area (Å²) >= 11 is 0. The Morgan fingerprint density at radius 2 is 1.36 bits per heavy atom. The van der Waals surface area contributed by atoms with Crippen LogP contribution in [0.3, 0.4) is 0 Å². The summed E-state index contributed by atoms with van der Waals surface area (Å²) in [6, 6.07) is 0.632. The fourth-order valence-corrected chi connectivity index (χ4v) is 4.14. The van der Waals surface area contributed by atoms with Crippen molar-refractivity contribution in [3.8, 4) is 0 Å². The van der Waals surface area contributed by atoms with Crippen molar-refractivity contribution >= 4 is 0 Å². The molecule has 1 aromatic rings. The summed E-state index contributed by atoms with van der Waals surface area (Å²) in [5, 5.41) is 3.51. The lowest BCUT2D eigenvalue weighted by Crippen LogP contribution is -2.45. The molecule has 1 aliphatic heterocycles. The lowest BCUT2D eigenvalue weighted by molar-refractivity contribution is 0.159. The standard InChI is InChI=1S/C20H32N2/c1-13-14(2)16(4)20(17(5)15(13)3)19(12-18-6-7-18)22-10-8-21-9-11-22/h18-19,21H,6-12H2,1-5H3/t19-/m1/s1. The Balaban J connectivity index is 2.02. The third-order valence-electron chi connectivity index (χ3n) is 6.24. The maximum Gasteiger partial charge on any atom is 0.0357 e. The fraction of sp³-hybridized carbons (Fsp3) is 0.700. The molecule has 22 heavy (non-hydrogen) atoms. The first-order chi connectivity index (χ1) is 10.5. The van der Waals surface area contributed by atoms with Crippen LogP contribution in [-0.2, 0) is 0 Å². The molecule has 1 saturated carbocycles. The molecule has 0 radical (unpaired) electrons. The van der Waals surface area contributed by atoms with Crippen LogP contribution in [-0.4, -0.2) is 31.1 Å². The molecular weight excluding hydrogens is 268 g/mol. The van der Waals surface area contributed by atoms with Crippen molar-refractivity contribution in [3.05, 3.63) is 33.4 Å². The van der Waals surface area contributed by atoms with E-state index in [4.69, 9.17) is 0 Å².